The lowest BCUT2D eigenvalue weighted by Crippen LogP contribution is -2.30. The third-order valence-electron chi connectivity index (χ3n) is 7.65. The Bertz CT molecular complexity index is 1500. The standard InChI is InChI=1S/C35H36O10/c1-2-32(38)42-20-8-4-3-7-19-41-27-15-17-28(18-16-27)44-34(39)24-11-13-25(14-12-24)35(40)45-33-26(22-36)21-31(43-23-37)29-9-5-6-10-30(29)33/h2,5-6,9-10,15-18,21-25H,1,3-4,7-8,11-14,19-20H2. The SMILES string of the molecule is C=CC(=O)OCCCCCCOc1ccc(OC(=O)C2CCC(C(=O)Oc3c(C=O)cc(OC=O)c4ccccc34)CC2)cc1. The molecule has 1 aliphatic rings. The molecule has 0 saturated heterocycles. The van der Waals surface area contributed by atoms with Gasteiger partial charge in [-0.05, 0) is 81.7 Å². The average molecular weight is 617 g/mol. The van der Waals surface area contributed by atoms with E-state index in [-0.39, 0.29) is 35.4 Å². The van der Waals surface area contributed by atoms with Crippen LogP contribution >= 0.6 is 0 Å². The Kier molecular flexibility index (Phi) is 12.2. The molecule has 0 aromatic heterocycles. The van der Waals surface area contributed by atoms with Gasteiger partial charge in [0.05, 0.1) is 30.6 Å². The molecule has 45 heavy (non-hydrogen) atoms. The van der Waals surface area contributed by atoms with Gasteiger partial charge in [0.25, 0.3) is 6.47 Å². The van der Waals surface area contributed by atoms with Crippen molar-refractivity contribution in [1.29, 1.82) is 0 Å². The lowest BCUT2D eigenvalue weighted by molar-refractivity contribution is -0.145. The van der Waals surface area contributed by atoms with Crippen LogP contribution in [0.25, 0.3) is 10.8 Å². The van der Waals surface area contributed by atoms with Crippen molar-refractivity contribution in [2.45, 2.75) is 51.4 Å². The van der Waals surface area contributed by atoms with Crippen molar-refractivity contribution in [2.24, 2.45) is 11.8 Å². The van der Waals surface area contributed by atoms with E-state index < -0.39 is 17.9 Å². The monoisotopic (exact) mass is 616 g/mol. The Morgan fingerprint density at radius 2 is 1.36 bits per heavy atom. The average Bonchev–Trinajstić information content (AvgIpc) is 3.07. The number of benzene rings is 3. The molecule has 0 heterocycles. The zero-order valence-electron chi connectivity index (χ0n) is 24.9. The number of hydrogen-bond donors (Lipinski definition) is 0. The van der Waals surface area contributed by atoms with Crippen LogP contribution in [-0.4, -0.2) is 43.9 Å². The van der Waals surface area contributed by atoms with Crippen LogP contribution in [0, 0.1) is 11.8 Å². The van der Waals surface area contributed by atoms with Gasteiger partial charge >= 0.3 is 17.9 Å². The molecule has 3 aromatic carbocycles. The Morgan fingerprint density at radius 3 is 1.98 bits per heavy atom. The molecule has 1 aliphatic carbocycles. The molecule has 0 unspecified atom stereocenters. The number of aldehydes is 1. The van der Waals surface area contributed by atoms with Crippen molar-refractivity contribution in [3.05, 3.63) is 72.8 Å². The molecule has 0 radical (unpaired) electrons. The first kappa shape index (κ1) is 32.9. The van der Waals surface area contributed by atoms with E-state index in [9.17, 15) is 24.0 Å². The molecule has 0 aliphatic heterocycles. The van der Waals surface area contributed by atoms with Gasteiger partial charge in [-0.2, -0.15) is 0 Å². The number of ether oxygens (including phenoxy) is 5. The maximum absolute atomic E-state index is 13.1. The minimum atomic E-state index is -0.483. The number of hydrogen-bond acceptors (Lipinski definition) is 10. The molecule has 10 heteroatoms. The van der Waals surface area contributed by atoms with Crippen molar-refractivity contribution in [3.8, 4) is 23.0 Å². The topological polar surface area (TPSA) is 132 Å². The summed E-state index contributed by atoms with van der Waals surface area (Å²) in [5.41, 5.74) is 0.0910. The van der Waals surface area contributed by atoms with Crippen LogP contribution in [0.4, 0.5) is 0 Å². The molecule has 0 amide bonds. The van der Waals surface area contributed by atoms with Crippen LogP contribution < -0.4 is 18.9 Å². The fourth-order valence-corrected chi connectivity index (χ4v) is 5.22. The van der Waals surface area contributed by atoms with Crippen LogP contribution in [0.2, 0.25) is 0 Å². The van der Waals surface area contributed by atoms with Gasteiger partial charge in [-0.3, -0.25) is 19.2 Å². The summed E-state index contributed by atoms with van der Waals surface area (Å²) in [6.07, 6.45) is 7.03. The zero-order valence-corrected chi connectivity index (χ0v) is 24.9. The van der Waals surface area contributed by atoms with Crippen molar-refractivity contribution in [1.82, 2.24) is 0 Å². The van der Waals surface area contributed by atoms with Gasteiger partial charge in [0.15, 0.2) is 6.29 Å². The van der Waals surface area contributed by atoms with E-state index in [1.54, 1.807) is 48.5 Å². The number of esters is 3. The molecule has 4 rings (SSSR count). The van der Waals surface area contributed by atoms with Crippen LogP contribution in [0.15, 0.2) is 67.3 Å². The van der Waals surface area contributed by atoms with Gasteiger partial charge in [0, 0.05) is 16.8 Å². The third-order valence-corrected chi connectivity index (χ3v) is 7.65. The van der Waals surface area contributed by atoms with Crippen LogP contribution in [0.5, 0.6) is 23.0 Å². The van der Waals surface area contributed by atoms with Crippen molar-refractivity contribution < 1.29 is 47.7 Å². The van der Waals surface area contributed by atoms with E-state index >= 15 is 0 Å². The minimum Gasteiger partial charge on any atom is -0.494 e. The fraction of sp³-hybridized carbons (Fsp3) is 0.343. The van der Waals surface area contributed by atoms with Crippen LogP contribution in [0.1, 0.15) is 61.7 Å². The number of unbranched alkanes of at least 4 members (excludes halogenated alkanes) is 3. The lowest BCUT2D eigenvalue weighted by atomic mass is 9.82. The second kappa shape index (κ2) is 16.7. The minimum absolute atomic E-state index is 0.0910. The van der Waals surface area contributed by atoms with Gasteiger partial charge in [-0.25, -0.2) is 4.79 Å². The lowest BCUT2D eigenvalue weighted by Gasteiger charge is -2.26. The third kappa shape index (κ3) is 9.25. The highest BCUT2D eigenvalue weighted by molar-refractivity contribution is 6.01. The predicted octanol–water partition coefficient (Wildman–Crippen LogP) is 6.17. The molecule has 3 aromatic rings. The Balaban J connectivity index is 1.21. The summed E-state index contributed by atoms with van der Waals surface area (Å²) in [6, 6.07) is 15.1. The summed E-state index contributed by atoms with van der Waals surface area (Å²) in [5, 5.41) is 1.00. The summed E-state index contributed by atoms with van der Waals surface area (Å²) in [6.45, 7) is 4.56. The highest BCUT2D eigenvalue weighted by Gasteiger charge is 2.33. The van der Waals surface area contributed by atoms with Gasteiger partial charge in [-0.1, -0.05) is 30.8 Å². The van der Waals surface area contributed by atoms with Crippen molar-refractivity contribution >= 4 is 41.4 Å². The first-order chi connectivity index (χ1) is 21.9. The molecule has 0 bridgehead atoms. The Hall–Kier alpha value is -4.99. The second-order valence-corrected chi connectivity index (χ2v) is 10.7. The fourth-order valence-electron chi connectivity index (χ4n) is 5.22. The van der Waals surface area contributed by atoms with E-state index in [0.29, 0.717) is 67.5 Å². The molecule has 0 N–H and O–H groups in total. The van der Waals surface area contributed by atoms with Crippen LogP contribution in [-0.2, 0) is 23.9 Å². The largest absolute Gasteiger partial charge is 0.494 e. The summed E-state index contributed by atoms with van der Waals surface area (Å²) in [4.78, 5) is 59.6. The van der Waals surface area contributed by atoms with Crippen molar-refractivity contribution in [3.63, 3.8) is 0 Å². The smallest absolute Gasteiger partial charge is 0.330 e. The van der Waals surface area contributed by atoms with Gasteiger partial charge in [0.1, 0.15) is 23.0 Å². The van der Waals surface area contributed by atoms with Crippen molar-refractivity contribution in [2.75, 3.05) is 13.2 Å². The van der Waals surface area contributed by atoms with Gasteiger partial charge < -0.3 is 23.7 Å². The molecule has 1 saturated carbocycles. The highest BCUT2D eigenvalue weighted by atomic mass is 16.5. The first-order valence-corrected chi connectivity index (χ1v) is 15.0. The zero-order chi connectivity index (χ0) is 32.0. The maximum atomic E-state index is 13.1. The number of carbonyl (C=O) groups is 5. The summed E-state index contributed by atoms with van der Waals surface area (Å²) < 4.78 is 27.0. The first-order valence-electron chi connectivity index (χ1n) is 15.0. The summed E-state index contributed by atoms with van der Waals surface area (Å²) in [5.74, 6) is -0.642. The van der Waals surface area contributed by atoms with E-state index in [2.05, 4.69) is 6.58 Å². The molecule has 0 atom stereocenters. The molecule has 10 nitrogen and oxygen atoms in total. The van der Waals surface area contributed by atoms with Gasteiger partial charge in [-0.15, -0.1) is 0 Å². The summed E-state index contributed by atoms with van der Waals surface area (Å²) in [7, 11) is 0. The normalized spacial score (nSPS) is 15.8. The molecule has 0 spiro atoms. The Labute approximate surface area is 261 Å². The summed E-state index contributed by atoms with van der Waals surface area (Å²) >= 11 is 0. The molecular formula is C35H36O10. The predicted molar refractivity (Wildman–Crippen MR) is 164 cm³/mol. The molecule has 1 fully saturated rings. The van der Waals surface area contributed by atoms with E-state index in [0.717, 1.165) is 31.8 Å². The number of fused-ring (bicyclic) bond motifs is 1. The maximum Gasteiger partial charge on any atom is 0.330 e. The van der Waals surface area contributed by atoms with E-state index in [1.807, 2.05) is 0 Å². The number of rotatable bonds is 16. The molecule has 236 valence electrons. The molecular weight excluding hydrogens is 580 g/mol. The van der Waals surface area contributed by atoms with E-state index in [1.165, 1.54) is 6.07 Å². The highest BCUT2D eigenvalue weighted by Crippen LogP contribution is 2.38. The van der Waals surface area contributed by atoms with E-state index in [4.69, 9.17) is 23.7 Å². The van der Waals surface area contributed by atoms with Crippen LogP contribution in [0.3, 0.4) is 0 Å². The van der Waals surface area contributed by atoms with Gasteiger partial charge in [0.2, 0.25) is 0 Å². The quantitative estimate of drug-likeness (QED) is 0.0605. The Morgan fingerprint density at radius 1 is 0.756 bits per heavy atom. The number of carbonyl (C=O) groups excluding carboxylic acids is 5. The second-order valence-electron chi connectivity index (χ2n) is 10.7.